The number of nitrogens with one attached hydrogen (secondary N) is 1. The summed E-state index contributed by atoms with van der Waals surface area (Å²) in [5, 5.41) is 12.7. The molecule has 0 aromatic heterocycles. The van der Waals surface area contributed by atoms with Gasteiger partial charge in [-0.05, 0) is 25.3 Å². The van der Waals surface area contributed by atoms with Crippen molar-refractivity contribution >= 4 is 0 Å². The molecule has 9 heavy (non-hydrogen) atoms. The third-order valence-corrected chi connectivity index (χ3v) is 2.72. The zero-order valence-electron chi connectivity index (χ0n) is 5.51. The molecule has 2 rings (SSSR count). The third kappa shape index (κ3) is 0.775. The minimum absolute atomic E-state index is 0.00463. The van der Waals surface area contributed by atoms with Gasteiger partial charge in [-0.15, -0.1) is 0 Å². The second kappa shape index (κ2) is 1.96. The topological polar surface area (TPSA) is 32.3 Å². The molecular weight excluding hydrogens is 114 g/mol. The van der Waals surface area contributed by atoms with Crippen LogP contribution in [0.1, 0.15) is 12.8 Å². The SMILES string of the molecule is OC1CCC2CNCC12. The Kier molecular flexibility index (Phi) is 1.24. The highest BCUT2D eigenvalue weighted by molar-refractivity contribution is 4.91. The van der Waals surface area contributed by atoms with E-state index in [1.165, 1.54) is 6.42 Å². The highest BCUT2D eigenvalue weighted by atomic mass is 16.3. The first-order chi connectivity index (χ1) is 4.38. The highest BCUT2D eigenvalue weighted by Gasteiger charge is 2.37. The monoisotopic (exact) mass is 127 g/mol. The molecule has 2 aliphatic rings. The highest BCUT2D eigenvalue weighted by Crippen LogP contribution is 2.33. The van der Waals surface area contributed by atoms with Crippen molar-refractivity contribution in [2.45, 2.75) is 18.9 Å². The molecule has 2 fully saturated rings. The molecule has 0 spiro atoms. The first-order valence-corrected chi connectivity index (χ1v) is 3.76. The fourth-order valence-electron chi connectivity index (χ4n) is 2.12. The van der Waals surface area contributed by atoms with E-state index in [4.69, 9.17) is 0 Å². The molecule has 0 aromatic rings. The van der Waals surface area contributed by atoms with E-state index in [1.54, 1.807) is 0 Å². The van der Waals surface area contributed by atoms with Crippen LogP contribution in [0.3, 0.4) is 0 Å². The average molecular weight is 127 g/mol. The molecule has 1 aliphatic heterocycles. The second-order valence-electron chi connectivity index (χ2n) is 3.23. The summed E-state index contributed by atoms with van der Waals surface area (Å²) < 4.78 is 0. The van der Waals surface area contributed by atoms with Gasteiger partial charge in [0.25, 0.3) is 0 Å². The maximum absolute atomic E-state index is 9.36. The van der Waals surface area contributed by atoms with Crippen molar-refractivity contribution in [2.24, 2.45) is 11.8 Å². The molecule has 52 valence electrons. The van der Waals surface area contributed by atoms with Crippen LogP contribution in [0.4, 0.5) is 0 Å². The van der Waals surface area contributed by atoms with Crippen LogP contribution in [0.5, 0.6) is 0 Å². The van der Waals surface area contributed by atoms with Crippen LogP contribution in [0.25, 0.3) is 0 Å². The number of rotatable bonds is 0. The minimum Gasteiger partial charge on any atom is -0.393 e. The third-order valence-electron chi connectivity index (χ3n) is 2.72. The van der Waals surface area contributed by atoms with Crippen molar-refractivity contribution in [3.8, 4) is 0 Å². The molecule has 2 N–H and O–H groups in total. The number of hydrogen-bond donors (Lipinski definition) is 2. The summed E-state index contributed by atoms with van der Waals surface area (Å²) in [5.74, 6) is 1.38. The molecule has 1 saturated carbocycles. The predicted octanol–water partition coefficient (Wildman–Crippen LogP) is -0.0233. The van der Waals surface area contributed by atoms with Crippen LogP contribution >= 0.6 is 0 Å². The van der Waals surface area contributed by atoms with Gasteiger partial charge in [-0.1, -0.05) is 0 Å². The van der Waals surface area contributed by atoms with Gasteiger partial charge in [-0.25, -0.2) is 0 Å². The Morgan fingerprint density at radius 1 is 1.22 bits per heavy atom. The number of aliphatic hydroxyl groups excluding tert-OH is 1. The summed E-state index contributed by atoms with van der Waals surface area (Å²) in [4.78, 5) is 0. The van der Waals surface area contributed by atoms with E-state index in [1.807, 2.05) is 0 Å². The normalized spacial score (nSPS) is 49.7. The predicted molar refractivity (Wildman–Crippen MR) is 35.1 cm³/mol. The fourth-order valence-corrected chi connectivity index (χ4v) is 2.12. The molecule has 1 saturated heterocycles. The van der Waals surface area contributed by atoms with Gasteiger partial charge in [-0.3, -0.25) is 0 Å². The Morgan fingerprint density at radius 3 is 2.89 bits per heavy atom. The summed E-state index contributed by atoms with van der Waals surface area (Å²) in [6.45, 7) is 2.19. The lowest BCUT2D eigenvalue weighted by Crippen LogP contribution is -2.19. The van der Waals surface area contributed by atoms with Crippen LogP contribution in [0.15, 0.2) is 0 Å². The molecule has 0 amide bonds. The number of aliphatic hydroxyl groups is 1. The van der Waals surface area contributed by atoms with Gasteiger partial charge in [0.05, 0.1) is 6.10 Å². The van der Waals surface area contributed by atoms with Gasteiger partial charge in [0, 0.05) is 12.5 Å². The van der Waals surface area contributed by atoms with Crippen molar-refractivity contribution in [1.82, 2.24) is 5.32 Å². The Morgan fingerprint density at radius 2 is 2.11 bits per heavy atom. The van der Waals surface area contributed by atoms with Crippen molar-refractivity contribution in [2.75, 3.05) is 13.1 Å². The smallest absolute Gasteiger partial charge is 0.0583 e. The van der Waals surface area contributed by atoms with Crippen molar-refractivity contribution in [1.29, 1.82) is 0 Å². The molecule has 3 atom stereocenters. The zero-order valence-corrected chi connectivity index (χ0v) is 5.51. The molecule has 3 unspecified atom stereocenters. The molecule has 0 aromatic carbocycles. The van der Waals surface area contributed by atoms with Crippen LogP contribution in [0, 0.1) is 11.8 Å². The quantitative estimate of drug-likeness (QED) is 0.479. The molecule has 2 heteroatoms. The van der Waals surface area contributed by atoms with Crippen LogP contribution in [-0.2, 0) is 0 Å². The van der Waals surface area contributed by atoms with E-state index in [0.29, 0.717) is 5.92 Å². The lowest BCUT2D eigenvalue weighted by Gasteiger charge is -2.09. The lowest BCUT2D eigenvalue weighted by atomic mass is 10.00. The Labute approximate surface area is 55.3 Å². The zero-order chi connectivity index (χ0) is 6.27. The van der Waals surface area contributed by atoms with E-state index in [-0.39, 0.29) is 6.10 Å². The van der Waals surface area contributed by atoms with E-state index in [2.05, 4.69) is 5.32 Å². The Bertz CT molecular complexity index is 115. The minimum atomic E-state index is 0.00463. The maximum atomic E-state index is 9.36. The number of fused-ring (bicyclic) bond motifs is 1. The van der Waals surface area contributed by atoms with Crippen LogP contribution in [-0.4, -0.2) is 24.3 Å². The van der Waals surface area contributed by atoms with E-state index in [9.17, 15) is 5.11 Å². The molecule has 1 aliphatic carbocycles. The summed E-state index contributed by atoms with van der Waals surface area (Å²) in [6.07, 6.45) is 2.28. The van der Waals surface area contributed by atoms with Gasteiger partial charge < -0.3 is 10.4 Å². The van der Waals surface area contributed by atoms with Gasteiger partial charge in [0.2, 0.25) is 0 Å². The standard InChI is InChI=1S/C7H13NO/c9-7-2-1-5-3-8-4-6(5)7/h5-9H,1-4H2. The van der Waals surface area contributed by atoms with Gasteiger partial charge in [-0.2, -0.15) is 0 Å². The average Bonchev–Trinajstić information content (AvgIpc) is 2.35. The van der Waals surface area contributed by atoms with Crippen LogP contribution in [0.2, 0.25) is 0 Å². The first-order valence-electron chi connectivity index (χ1n) is 3.76. The summed E-state index contributed by atoms with van der Waals surface area (Å²) in [6, 6.07) is 0. The van der Waals surface area contributed by atoms with Gasteiger partial charge in [0.1, 0.15) is 0 Å². The Hall–Kier alpha value is -0.0800. The molecular formula is C7H13NO. The lowest BCUT2D eigenvalue weighted by molar-refractivity contribution is 0.133. The fraction of sp³-hybridized carbons (Fsp3) is 1.00. The van der Waals surface area contributed by atoms with E-state index >= 15 is 0 Å². The maximum Gasteiger partial charge on any atom is 0.0583 e. The van der Waals surface area contributed by atoms with E-state index in [0.717, 1.165) is 25.4 Å². The molecule has 0 bridgehead atoms. The van der Waals surface area contributed by atoms with Crippen molar-refractivity contribution in [3.63, 3.8) is 0 Å². The molecule has 0 radical (unpaired) electrons. The van der Waals surface area contributed by atoms with Gasteiger partial charge >= 0.3 is 0 Å². The van der Waals surface area contributed by atoms with E-state index < -0.39 is 0 Å². The Balaban J connectivity index is 2.07. The first kappa shape index (κ1) is 5.69. The largest absolute Gasteiger partial charge is 0.393 e. The van der Waals surface area contributed by atoms with Crippen LogP contribution < -0.4 is 5.32 Å². The summed E-state index contributed by atoms with van der Waals surface area (Å²) in [7, 11) is 0. The second-order valence-corrected chi connectivity index (χ2v) is 3.23. The molecule has 2 nitrogen and oxygen atoms in total. The molecule has 1 heterocycles. The van der Waals surface area contributed by atoms with Crippen molar-refractivity contribution < 1.29 is 5.11 Å². The van der Waals surface area contributed by atoms with Crippen molar-refractivity contribution in [3.05, 3.63) is 0 Å². The number of hydrogen-bond acceptors (Lipinski definition) is 2. The van der Waals surface area contributed by atoms with Gasteiger partial charge in [0.15, 0.2) is 0 Å². The summed E-state index contributed by atoms with van der Waals surface area (Å²) in [5.41, 5.74) is 0. The summed E-state index contributed by atoms with van der Waals surface area (Å²) >= 11 is 0.